The number of amides is 1. The number of nitro benzene ring substituents is 1. The smallest absolute Gasteiger partial charge is 0.317 e. The minimum atomic E-state index is -1.13. The lowest BCUT2D eigenvalue weighted by molar-refractivity contribution is -0.386. The first-order chi connectivity index (χ1) is 13.5. The van der Waals surface area contributed by atoms with Crippen LogP contribution in [0.2, 0.25) is 0 Å². The molecule has 9 nitrogen and oxygen atoms in total. The number of hydrogen-bond donors (Lipinski definition) is 0. The van der Waals surface area contributed by atoms with Gasteiger partial charge in [0.05, 0.1) is 36.3 Å². The van der Waals surface area contributed by atoms with Crippen molar-refractivity contribution in [3.63, 3.8) is 0 Å². The van der Waals surface area contributed by atoms with Gasteiger partial charge in [-0.1, -0.05) is 30.3 Å². The molecule has 1 atom stereocenters. The fraction of sp³-hybridized carbons (Fsp3) is 0.263. The lowest BCUT2D eigenvalue weighted by Gasteiger charge is -2.30. The fourth-order valence-electron chi connectivity index (χ4n) is 3.18. The largest absolute Gasteiger partial charge is 0.482 e. The average molecular weight is 386 g/mol. The summed E-state index contributed by atoms with van der Waals surface area (Å²) in [5.41, 5.74) is 0.586. The Hall–Kier alpha value is -3.46. The fourth-order valence-corrected chi connectivity index (χ4v) is 3.18. The van der Waals surface area contributed by atoms with E-state index >= 15 is 0 Å². The molecule has 2 aromatic carbocycles. The van der Waals surface area contributed by atoms with Crippen LogP contribution in [0.1, 0.15) is 23.5 Å². The zero-order valence-electron chi connectivity index (χ0n) is 15.3. The highest BCUT2D eigenvalue weighted by atomic mass is 16.7. The molecule has 0 saturated carbocycles. The van der Waals surface area contributed by atoms with Gasteiger partial charge < -0.3 is 9.47 Å². The van der Waals surface area contributed by atoms with Crippen LogP contribution in [-0.2, 0) is 25.8 Å². The van der Waals surface area contributed by atoms with Crippen LogP contribution in [0, 0.1) is 10.1 Å². The van der Waals surface area contributed by atoms with E-state index in [0.717, 1.165) is 17.7 Å². The first-order valence-corrected chi connectivity index (χ1v) is 8.40. The van der Waals surface area contributed by atoms with E-state index < -0.39 is 28.4 Å². The van der Waals surface area contributed by atoms with E-state index in [0.29, 0.717) is 0 Å². The maximum atomic E-state index is 12.3. The van der Waals surface area contributed by atoms with Gasteiger partial charge >= 0.3 is 11.7 Å². The Morgan fingerprint density at radius 3 is 2.54 bits per heavy atom. The van der Waals surface area contributed by atoms with Crippen molar-refractivity contribution in [1.82, 2.24) is 0 Å². The number of methoxy groups -OCH3 is 1. The summed E-state index contributed by atoms with van der Waals surface area (Å²) in [7, 11) is 2.43. The second-order valence-electron chi connectivity index (χ2n) is 6.03. The molecule has 1 aliphatic heterocycles. The number of rotatable bonds is 6. The Kier molecular flexibility index (Phi) is 5.55. The van der Waals surface area contributed by atoms with Crippen molar-refractivity contribution >= 4 is 23.3 Å². The molecule has 0 aliphatic carbocycles. The van der Waals surface area contributed by atoms with Crippen LogP contribution in [0.25, 0.3) is 0 Å². The van der Waals surface area contributed by atoms with Crippen LogP contribution in [0.15, 0.2) is 42.5 Å². The molecule has 0 aromatic heterocycles. The number of nitro groups is 1. The number of carbonyl (C=O) groups is 2. The molecular weight excluding hydrogens is 368 g/mol. The van der Waals surface area contributed by atoms with Crippen molar-refractivity contribution in [2.45, 2.75) is 18.9 Å². The molecule has 2 aromatic rings. The molecule has 9 heteroatoms. The highest BCUT2D eigenvalue weighted by Crippen LogP contribution is 2.46. The quantitative estimate of drug-likeness (QED) is 0.427. The first kappa shape index (κ1) is 19.3. The minimum absolute atomic E-state index is 0.00749. The number of benzene rings is 2. The Balaban J connectivity index is 2.10. The highest BCUT2D eigenvalue weighted by molar-refractivity contribution is 6.02. The number of ether oxygens (including phenoxy) is 2. The number of hydrogen-bond acceptors (Lipinski definition) is 7. The Morgan fingerprint density at radius 1 is 1.21 bits per heavy atom. The van der Waals surface area contributed by atoms with Crippen LogP contribution >= 0.6 is 0 Å². The first-order valence-electron chi connectivity index (χ1n) is 8.40. The van der Waals surface area contributed by atoms with Gasteiger partial charge in [-0.25, -0.2) is 0 Å². The number of hydroxylamine groups is 1. The third-order valence-corrected chi connectivity index (χ3v) is 4.42. The van der Waals surface area contributed by atoms with Crippen LogP contribution < -0.4 is 9.80 Å². The number of fused-ring (bicyclic) bond motifs is 1. The monoisotopic (exact) mass is 386 g/mol. The van der Waals surface area contributed by atoms with Crippen molar-refractivity contribution in [3.8, 4) is 5.75 Å². The molecule has 0 N–H and O–H groups in total. The predicted octanol–water partition coefficient (Wildman–Crippen LogP) is 2.73. The Labute approximate surface area is 160 Å². The van der Waals surface area contributed by atoms with Gasteiger partial charge in [0.2, 0.25) is 0 Å². The zero-order valence-corrected chi connectivity index (χ0v) is 15.3. The Bertz CT molecular complexity index is 914. The topological polar surface area (TPSA) is 108 Å². The van der Waals surface area contributed by atoms with Gasteiger partial charge in [0.1, 0.15) is 6.61 Å². The standard InChI is InChI=1S/C19H18N2O7/c1-26-19(23)13-10-16(22)20(27-2)14-8-9-15(18(17(13)14)21(24)25)28-11-12-6-4-3-5-7-12/h3-9,13H,10-11H2,1-2H3. The highest BCUT2D eigenvalue weighted by Gasteiger charge is 2.43. The van der Waals surface area contributed by atoms with Gasteiger partial charge in [-0.15, -0.1) is 0 Å². The SMILES string of the molecule is COC(=O)C1CC(=O)N(OC)c2ccc(OCc3ccccc3)c([N+](=O)[O-])c21. The maximum Gasteiger partial charge on any atom is 0.317 e. The Morgan fingerprint density at radius 2 is 1.93 bits per heavy atom. The van der Waals surface area contributed by atoms with E-state index in [1.807, 2.05) is 30.3 Å². The van der Waals surface area contributed by atoms with E-state index in [-0.39, 0.29) is 30.0 Å². The van der Waals surface area contributed by atoms with Crippen molar-refractivity contribution in [1.29, 1.82) is 0 Å². The van der Waals surface area contributed by atoms with Crippen molar-refractivity contribution in [3.05, 3.63) is 63.7 Å². The van der Waals surface area contributed by atoms with Gasteiger partial charge in [0.25, 0.3) is 5.91 Å². The summed E-state index contributed by atoms with van der Waals surface area (Å²) in [5, 5.41) is 12.8. The second kappa shape index (κ2) is 8.05. The normalized spacial score (nSPS) is 15.7. The number of nitrogens with zero attached hydrogens (tertiary/aromatic N) is 2. The summed E-state index contributed by atoms with van der Waals surface area (Å²) in [6, 6.07) is 12.0. The van der Waals surface area contributed by atoms with Crippen LogP contribution in [-0.4, -0.2) is 31.0 Å². The third kappa shape index (κ3) is 3.52. The van der Waals surface area contributed by atoms with E-state index in [9.17, 15) is 19.7 Å². The zero-order chi connectivity index (χ0) is 20.3. The van der Waals surface area contributed by atoms with Crippen molar-refractivity contribution < 1.29 is 28.8 Å². The summed E-state index contributed by atoms with van der Waals surface area (Å²) in [4.78, 5) is 40.8. The average Bonchev–Trinajstić information content (AvgIpc) is 2.71. The van der Waals surface area contributed by atoms with Crippen LogP contribution in [0.3, 0.4) is 0 Å². The number of anilines is 1. The lowest BCUT2D eigenvalue weighted by Crippen LogP contribution is -2.38. The van der Waals surface area contributed by atoms with E-state index in [2.05, 4.69) is 0 Å². The molecular formula is C19H18N2O7. The molecule has 1 aliphatic rings. The second-order valence-corrected chi connectivity index (χ2v) is 6.03. The molecule has 0 spiro atoms. The molecule has 0 fully saturated rings. The molecule has 1 amide bonds. The summed E-state index contributed by atoms with van der Waals surface area (Å²) in [6.45, 7) is 0.107. The van der Waals surface area contributed by atoms with Crippen molar-refractivity contribution in [2.24, 2.45) is 0 Å². The van der Waals surface area contributed by atoms with Crippen LogP contribution in [0.5, 0.6) is 5.75 Å². The van der Waals surface area contributed by atoms with E-state index in [1.54, 1.807) is 0 Å². The molecule has 3 rings (SSSR count). The van der Waals surface area contributed by atoms with Crippen molar-refractivity contribution in [2.75, 3.05) is 19.3 Å². The van der Waals surface area contributed by atoms with E-state index in [1.165, 1.54) is 19.2 Å². The van der Waals surface area contributed by atoms with E-state index in [4.69, 9.17) is 14.3 Å². The summed E-state index contributed by atoms with van der Waals surface area (Å²) < 4.78 is 10.4. The summed E-state index contributed by atoms with van der Waals surface area (Å²) >= 11 is 0. The van der Waals surface area contributed by atoms with Crippen LogP contribution in [0.4, 0.5) is 11.4 Å². The molecule has 1 unspecified atom stereocenters. The molecule has 0 bridgehead atoms. The van der Waals surface area contributed by atoms with Gasteiger partial charge in [-0.3, -0.25) is 24.5 Å². The molecule has 28 heavy (non-hydrogen) atoms. The lowest BCUT2D eigenvalue weighted by atomic mass is 9.88. The predicted molar refractivity (Wildman–Crippen MR) is 97.7 cm³/mol. The maximum absolute atomic E-state index is 12.3. The van der Waals surface area contributed by atoms with Gasteiger partial charge in [0, 0.05) is 6.42 Å². The number of carbonyl (C=O) groups excluding carboxylic acids is 2. The molecule has 0 radical (unpaired) electrons. The summed E-state index contributed by atoms with van der Waals surface area (Å²) in [5.74, 6) is -2.38. The molecule has 0 saturated heterocycles. The third-order valence-electron chi connectivity index (χ3n) is 4.42. The van der Waals surface area contributed by atoms with Gasteiger partial charge in [0.15, 0.2) is 5.75 Å². The summed E-state index contributed by atoms with van der Waals surface area (Å²) in [6.07, 6.45) is -0.309. The molecule has 1 heterocycles. The number of esters is 1. The van der Waals surface area contributed by atoms with Gasteiger partial charge in [-0.05, 0) is 17.7 Å². The molecule has 146 valence electrons. The van der Waals surface area contributed by atoms with Gasteiger partial charge in [-0.2, -0.15) is 5.06 Å². The minimum Gasteiger partial charge on any atom is -0.482 e.